The fourth-order valence-electron chi connectivity index (χ4n) is 3.34. The number of likely N-dealkylation sites (N-methyl/N-ethyl adjacent to an activating group) is 1. The van der Waals surface area contributed by atoms with Crippen LogP contribution in [0.3, 0.4) is 0 Å². The van der Waals surface area contributed by atoms with E-state index < -0.39 is 0 Å². The van der Waals surface area contributed by atoms with Crippen LogP contribution < -0.4 is 20.4 Å². The van der Waals surface area contributed by atoms with Gasteiger partial charge in [-0.05, 0) is 56.3 Å². The molecule has 1 aliphatic heterocycles. The third kappa shape index (κ3) is 5.37. The topological polar surface area (TPSA) is 48.8 Å². The summed E-state index contributed by atoms with van der Waals surface area (Å²) < 4.78 is 0. The van der Waals surface area contributed by atoms with Crippen molar-refractivity contribution in [1.29, 1.82) is 0 Å². The normalized spacial score (nSPS) is 16.0. The Morgan fingerprint density at radius 2 is 1.85 bits per heavy atom. The van der Waals surface area contributed by atoms with Crippen LogP contribution in [0.25, 0.3) is 0 Å². The molecular weight excluding hydrogens is 360 g/mol. The van der Waals surface area contributed by atoms with E-state index in [1.807, 2.05) is 31.2 Å². The Hall–Kier alpha value is -2.24. The van der Waals surface area contributed by atoms with Gasteiger partial charge in [0.1, 0.15) is 6.04 Å². The highest BCUT2D eigenvalue weighted by Crippen LogP contribution is 2.19. The third-order valence-electron chi connectivity index (χ3n) is 5.07. The maximum Gasteiger partial charge on any atom is 0.246 e. The number of quaternary nitrogens is 1. The minimum atomic E-state index is -0.355. The molecule has 5 nitrogen and oxygen atoms in total. The number of carbonyl (C=O) groups is 1. The molecular formula is C21H28ClN4O+. The first-order chi connectivity index (χ1) is 13.0. The van der Waals surface area contributed by atoms with Crippen molar-refractivity contribution in [1.82, 2.24) is 0 Å². The molecule has 3 rings (SSSR count). The molecule has 0 bridgehead atoms. The molecule has 0 aliphatic carbocycles. The molecule has 1 amide bonds. The zero-order valence-electron chi connectivity index (χ0n) is 16.0. The van der Waals surface area contributed by atoms with Gasteiger partial charge in [-0.1, -0.05) is 17.7 Å². The van der Waals surface area contributed by atoms with Gasteiger partial charge in [0.15, 0.2) is 0 Å². The number of amides is 1. The van der Waals surface area contributed by atoms with Crippen LogP contribution in [-0.4, -0.2) is 44.7 Å². The van der Waals surface area contributed by atoms with Gasteiger partial charge in [-0.3, -0.25) is 4.79 Å². The van der Waals surface area contributed by atoms with Gasteiger partial charge in [0.05, 0.1) is 32.7 Å². The molecule has 3 N–H and O–H groups in total. The van der Waals surface area contributed by atoms with E-state index in [0.717, 1.165) is 18.8 Å². The van der Waals surface area contributed by atoms with Gasteiger partial charge in [-0.25, -0.2) is 0 Å². The molecule has 1 atom stereocenters. The number of nitrogens with zero attached hydrogens (tertiary/aromatic N) is 1. The van der Waals surface area contributed by atoms with E-state index in [9.17, 15) is 4.79 Å². The maximum atomic E-state index is 12.4. The van der Waals surface area contributed by atoms with Crippen molar-refractivity contribution in [3.63, 3.8) is 0 Å². The minimum absolute atomic E-state index is 0.0972. The number of carbonyl (C=O) groups excluding carboxylic acids is 1. The summed E-state index contributed by atoms with van der Waals surface area (Å²) in [6, 6.07) is 15.1. The quantitative estimate of drug-likeness (QED) is 0.713. The van der Waals surface area contributed by atoms with Crippen molar-refractivity contribution >= 4 is 34.6 Å². The molecule has 0 unspecified atom stereocenters. The van der Waals surface area contributed by atoms with E-state index in [4.69, 9.17) is 11.6 Å². The molecule has 1 aliphatic rings. The lowest BCUT2D eigenvalue weighted by Crippen LogP contribution is -3.14. The molecule has 2 aromatic carbocycles. The Labute approximate surface area is 166 Å². The van der Waals surface area contributed by atoms with E-state index in [1.165, 1.54) is 25.3 Å². The number of anilines is 3. The molecule has 2 aromatic rings. The van der Waals surface area contributed by atoms with Crippen LogP contribution in [0.4, 0.5) is 17.1 Å². The van der Waals surface area contributed by atoms with Gasteiger partial charge >= 0.3 is 0 Å². The van der Waals surface area contributed by atoms with Gasteiger partial charge in [0.2, 0.25) is 5.91 Å². The fourth-order valence-corrected chi connectivity index (χ4v) is 3.53. The van der Waals surface area contributed by atoms with Gasteiger partial charge in [0, 0.05) is 22.1 Å². The number of benzene rings is 2. The smallest absolute Gasteiger partial charge is 0.246 e. The highest BCUT2D eigenvalue weighted by Gasteiger charge is 2.19. The van der Waals surface area contributed by atoms with Gasteiger partial charge in [0.25, 0.3) is 0 Å². The van der Waals surface area contributed by atoms with Gasteiger partial charge in [-0.2, -0.15) is 0 Å². The van der Waals surface area contributed by atoms with E-state index in [1.54, 1.807) is 17.0 Å². The van der Waals surface area contributed by atoms with Crippen LogP contribution in [0, 0.1) is 0 Å². The van der Waals surface area contributed by atoms with Crippen molar-refractivity contribution in [3.05, 3.63) is 53.6 Å². The van der Waals surface area contributed by atoms with Gasteiger partial charge < -0.3 is 20.4 Å². The second kappa shape index (κ2) is 9.11. The molecule has 0 aromatic heterocycles. The highest BCUT2D eigenvalue weighted by molar-refractivity contribution is 6.30. The lowest BCUT2D eigenvalue weighted by molar-refractivity contribution is -0.898. The third-order valence-corrected chi connectivity index (χ3v) is 5.31. The summed E-state index contributed by atoms with van der Waals surface area (Å²) in [5, 5.41) is 6.74. The first-order valence-electron chi connectivity index (χ1n) is 9.56. The first kappa shape index (κ1) is 19.5. The van der Waals surface area contributed by atoms with Crippen LogP contribution in [-0.2, 0) is 4.79 Å². The monoisotopic (exact) mass is 387 g/mol. The highest BCUT2D eigenvalue weighted by atomic mass is 35.5. The zero-order valence-corrected chi connectivity index (χ0v) is 16.7. The van der Waals surface area contributed by atoms with Crippen LogP contribution in [0.2, 0.25) is 5.02 Å². The number of hydrogen-bond donors (Lipinski definition) is 3. The standard InChI is InChI=1S/C21H27ClN4O/c1-3-25-11-13-26(14-12-25)20-9-7-18(8-10-20)23-16(2)21(27)24-19-6-4-5-17(22)15-19/h4-10,15-16,23H,3,11-14H2,1-2H3,(H,24,27)/p+1/t16-/m0/s1. The Kier molecular flexibility index (Phi) is 6.58. The average molecular weight is 388 g/mol. The largest absolute Gasteiger partial charge is 0.374 e. The molecule has 0 spiro atoms. The summed E-state index contributed by atoms with van der Waals surface area (Å²) in [4.78, 5) is 16.5. The predicted molar refractivity (Wildman–Crippen MR) is 113 cm³/mol. The second-order valence-corrected chi connectivity index (χ2v) is 7.44. The van der Waals surface area contributed by atoms with Crippen molar-refractivity contribution in [2.75, 3.05) is 48.3 Å². The molecule has 0 radical (unpaired) electrons. The fraction of sp³-hybridized carbons (Fsp3) is 0.381. The lowest BCUT2D eigenvalue weighted by Gasteiger charge is -2.33. The van der Waals surface area contributed by atoms with Crippen LogP contribution in [0.15, 0.2) is 48.5 Å². The van der Waals surface area contributed by atoms with Gasteiger partial charge in [-0.15, -0.1) is 0 Å². The average Bonchev–Trinajstić information content (AvgIpc) is 2.68. The van der Waals surface area contributed by atoms with Crippen molar-refractivity contribution in [3.8, 4) is 0 Å². The van der Waals surface area contributed by atoms with E-state index in [2.05, 4.69) is 34.6 Å². The summed E-state index contributed by atoms with van der Waals surface area (Å²) in [7, 11) is 0. The first-order valence-corrected chi connectivity index (χ1v) is 9.94. The van der Waals surface area contributed by atoms with E-state index in [-0.39, 0.29) is 11.9 Å². The Balaban J connectivity index is 1.53. The second-order valence-electron chi connectivity index (χ2n) is 7.00. The molecule has 1 heterocycles. The Bertz CT molecular complexity index is 757. The summed E-state index contributed by atoms with van der Waals surface area (Å²) >= 11 is 5.96. The van der Waals surface area contributed by atoms with E-state index >= 15 is 0 Å². The van der Waals surface area contributed by atoms with Crippen molar-refractivity contribution < 1.29 is 9.69 Å². The summed E-state index contributed by atoms with van der Waals surface area (Å²) in [5.41, 5.74) is 2.88. The lowest BCUT2D eigenvalue weighted by atomic mass is 10.2. The minimum Gasteiger partial charge on any atom is -0.374 e. The van der Waals surface area contributed by atoms with Crippen LogP contribution >= 0.6 is 11.6 Å². The molecule has 0 saturated carbocycles. The van der Waals surface area contributed by atoms with Crippen molar-refractivity contribution in [2.45, 2.75) is 19.9 Å². The Morgan fingerprint density at radius 1 is 1.15 bits per heavy atom. The molecule has 1 fully saturated rings. The Morgan fingerprint density at radius 3 is 2.48 bits per heavy atom. The van der Waals surface area contributed by atoms with Crippen LogP contribution in [0.5, 0.6) is 0 Å². The molecule has 1 saturated heterocycles. The van der Waals surface area contributed by atoms with E-state index in [0.29, 0.717) is 10.7 Å². The number of hydrogen-bond acceptors (Lipinski definition) is 3. The predicted octanol–water partition coefficient (Wildman–Crippen LogP) is 2.50. The van der Waals surface area contributed by atoms with Crippen LogP contribution in [0.1, 0.15) is 13.8 Å². The SMILES string of the molecule is CC[NH+]1CCN(c2ccc(N[C@@H](C)C(=O)Nc3cccc(Cl)c3)cc2)CC1. The van der Waals surface area contributed by atoms with Crippen molar-refractivity contribution in [2.24, 2.45) is 0 Å². The molecule has 6 heteroatoms. The summed E-state index contributed by atoms with van der Waals surface area (Å²) in [6.07, 6.45) is 0. The number of piperazine rings is 1. The molecule has 27 heavy (non-hydrogen) atoms. The number of nitrogens with one attached hydrogen (secondary N) is 3. The maximum absolute atomic E-state index is 12.4. The summed E-state index contributed by atoms with van der Waals surface area (Å²) in [6.45, 7) is 9.86. The molecule has 144 valence electrons. The summed E-state index contributed by atoms with van der Waals surface area (Å²) in [5.74, 6) is -0.0972. The zero-order chi connectivity index (χ0) is 19.2. The number of halogens is 1. The number of rotatable bonds is 6.